The highest BCUT2D eigenvalue weighted by Crippen LogP contribution is 2.15. The first-order valence-electron chi connectivity index (χ1n) is 6.99. The maximum absolute atomic E-state index is 5.24. The van der Waals surface area contributed by atoms with Gasteiger partial charge in [-0.15, -0.1) is 0 Å². The first-order chi connectivity index (χ1) is 10.8. The van der Waals surface area contributed by atoms with Crippen molar-refractivity contribution in [3.63, 3.8) is 0 Å². The zero-order chi connectivity index (χ0) is 15.4. The fourth-order valence-corrected chi connectivity index (χ4v) is 2.22. The molecule has 0 fully saturated rings. The maximum atomic E-state index is 5.24. The zero-order valence-corrected chi connectivity index (χ0v) is 12.9. The van der Waals surface area contributed by atoms with Crippen LogP contribution in [0.15, 0.2) is 53.9 Å². The molecule has 5 nitrogen and oxygen atoms in total. The van der Waals surface area contributed by atoms with Crippen LogP contribution in [0.3, 0.4) is 0 Å². The fraction of sp³-hybridized carbons (Fsp3) is 0.125. The van der Waals surface area contributed by atoms with E-state index in [0.717, 1.165) is 17.5 Å². The molecule has 0 aliphatic heterocycles. The van der Waals surface area contributed by atoms with Crippen molar-refractivity contribution in [2.75, 3.05) is 0 Å². The van der Waals surface area contributed by atoms with E-state index in [-0.39, 0.29) is 0 Å². The summed E-state index contributed by atoms with van der Waals surface area (Å²) in [4.78, 5) is 4.10. The Hall–Kier alpha value is -2.60. The fourth-order valence-electron chi connectivity index (χ4n) is 2.04. The monoisotopic (exact) mass is 309 g/mol. The van der Waals surface area contributed by atoms with E-state index in [1.165, 1.54) is 5.56 Å². The second kappa shape index (κ2) is 6.44. The number of aromatic amines is 1. The average Bonchev–Trinajstić information content (AvgIpc) is 2.95. The molecule has 2 aromatic heterocycles. The molecule has 1 N–H and O–H groups in total. The quantitative estimate of drug-likeness (QED) is 0.593. The standard InChI is InChI=1S/C16H15N5S/c1-2-12-5-7-13(8-6-12)10-18-21-15(19-20-16(21)22)14-4-3-9-17-11-14/h3-11H,2H2,1H3,(H,20,22)/b18-10-. The van der Waals surface area contributed by atoms with Crippen LogP contribution in [0.4, 0.5) is 0 Å². The van der Waals surface area contributed by atoms with Gasteiger partial charge in [-0.3, -0.25) is 4.98 Å². The van der Waals surface area contributed by atoms with Crippen LogP contribution in [0.2, 0.25) is 0 Å². The molecule has 0 aliphatic carbocycles. The normalized spacial score (nSPS) is 11.1. The Bertz CT molecular complexity index is 831. The van der Waals surface area contributed by atoms with E-state index in [9.17, 15) is 0 Å². The Balaban J connectivity index is 1.93. The first kappa shape index (κ1) is 14.3. The predicted molar refractivity (Wildman–Crippen MR) is 89.5 cm³/mol. The van der Waals surface area contributed by atoms with Gasteiger partial charge in [0.05, 0.1) is 6.21 Å². The Morgan fingerprint density at radius 1 is 1.27 bits per heavy atom. The van der Waals surface area contributed by atoms with Gasteiger partial charge < -0.3 is 0 Å². The molecule has 0 atom stereocenters. The highest BCUT2D eigenvalue weighted by molar-refractivity contribution is 7.71. The summed E-state index contributed by atoms with van der Waals surface area (Å²) >= 11 is 5.24. The van der Waals surface area contributed by atoms with Gasteiger partial charge in [0.2, 0.25) is 4.77 Å². The lowest BCUT2D eigenvalue weighted by molar-refractivity contribution is 0.871. The largest absolute Gasteiger partial charge is 0.264 e. The Labute approximate surface area is 133 Å². The van der Waals surface area contributed by atoms with E-state index in [0.29, 0.717) is 10.6 Å². The molecule has 110 valence electrons. The summed E-state index contributed by atoms with van der Waals surface area (Å²) in [7, 11) is 0. The number of aromatic nitrogens is 4. The van der Waals surface area contributed by atoms with E-state index in [4.69, 9.17) is 12.2 Å². The molecule has 3 rings (SSSR count). The Morgan fingerprint density at radius 3 is 2.77 bits per heavy atom. The minimum Gasteiger partial charge on any atom is -0.264 e. The van der Waals surface area contributed by atoms with E-state index in [2.05, 4.69) is 39.3 Å². The highest BCUT2D eigenvalue weighted by Gasteiger charge is 2.07. The Morgan fingerprint density at radius 2 is 2.09 bits per heavy atom. The van der Waals surface area contributed by atoms with Gasteiger partial charge in [-0.2, -0.15) is 14.9 Å². The van der Waals surface area contributed by atoms with Gasteiger partial charge in [0.1, 0.15) is 0 Å². The van der Waals surface area contributed by atoms with Crippen molar-refractivity contribution in [2.24, 2.45) is 5.10 Å². The van der Waals surface area contributed by atoms with Gasteiger partial charge in [0.15, 0.2) is 5.82 Å². The summed E-state index contributed by atoms with van der Waals surface area (Å²) in [5.41, 5.74) is 3.17. The molecule has 22 heavy (non-hydrogen) atoms. The number of hydrogen-bond donors (Lipinski definition) is 1. The van der Waals surface area contributed by atoms with Crippen LogP contribution in [0, 0.1) is 4.77 Å². The molecule has 0 radical (unpaired) electrons. The molecule has 0 saturated carbocycles. The van der Waals surface area contributed by atoms with Crippen LogP contribution >= 0.6 is 12.2 Å². The van der Waals surface area contributed by atoms with Crippen LogP contribution in [-0.4, -0.2) is 26.1 Å². The van der Waals surface area contributed by atoms with Crippen LogP contribution in [-0.2, 0) is 6.42 Å². The van der Waals surface area contributed by atoms with Gasteiger partial charge in [0, 0.05) is 18.0 Å². The van der Waals surface area contributed by atoms with Gasteiger partial charge in [-0.1, -0.05) is 31.2 Å². The summed E-state index contributed by atoms with van der Waals surface area (Å²) in [6, 6.07) is 12.0. The van der Waals surface area contributed by atoms with E-state index >= 15 is 0 Å². The molecule has 0 bridgehead atoms. The SMILES string of the molecule is CCc1ccc(/C=N\n2c(-c3cccnc3)n[nH]c2=S)cc1. The van der Waals surface area contributed by atoms with Gasteiger partial charge in [-0.25, -0.2) is 5.10 Å². The van der Waals surface area contributed by atoms with Crippen molar-refractivity contribution in [3.05, 3.63) is 64.7 Å². The Kier molecular flexibility index (Phi) is 4.20. The number of H-pyrrole nitrogens is 1. The lowest BCUT2D eigenvalue weighted by Gasteiger charge is -2.00. The van der Waals surface area contributed by atoms with E-state index in [1.54, 1.807) is 23.3 Å². The number of benzene rings is 1. The molecule has 0 unspecified atom stereocenters. The molecule has 2 heterocycles. The summed E-state index contributed by atoms with van der Waals surface area (Å²) in [5.74, 6) is 0.638. The lowest BCUT2D eigenvalue weighted by Crippen LogP contribution is -1.95. The molecule has 6 heteroatoms. The van der Waals surface area contributed by atoms with Crippen molar-refractivity contribution in [3.8, 4) is 11.4 Å². The number of pyridine rings is 1. The van der Waals surface area contributed by atoms with Crippen LogP contribution < -0.4 is 0 Å². The van der Waals surface area contributed by atoms with E-state index in [1.807, 2.05) is 24.3 Å². The molecular formula is C16H15N5S. The summed E-state index contributed by atoms with van der Waals surface area (Å²) in [6.45, 7) is 2.13. The van der Waals surface area contributed by atoms with Gasteiger partial charge >= 0.3 is 0 Å². The topological polar surface area (TPSA) is 58.9 Å². The smallest absolute Gasteiger partial charge is 0.216 e. The minimum absolute atomic E-state index is 0.445. The zero-order valence-electron chi connectivity index (χ0n) is 12.1. The summed E-state index contributed by atoms with van der Waals surface area (Å²) in [5, 5.41) is 11.4. The average molecular weight is 309 g/mol. The number of aryl methyl sites for hydroxylation is 1. The van der Waals surface area contributed by atoms with Crippen molar-refractivity contribution >= 4 is 18.4 Å². The third-order valence-corrected chi connectivity index (χ3v) is 3.54. The predicted octanol–water partition coefficient (Wildman–Crippen LogP) is 3.45. The molecule has 1 aromatic carbocycles. The van der Waals surface area contributed by atoms with Crippen molar-refractivity contribution < 1.29 is 0 Å². The van der Waals surface area contributed by atoms with Gasteiger partial charge in [-0.05, 0) is 41.9 Å². The van der Waals surface area contributed by atoms with Crippen molar-refractivity contribution in [1.29, 1.82) is 0 Å². The number of rotatable bonds is 4. The molecule has 0 saturated heterocycles. The lowest BCUT2D eigenvalue weighted by atomic mass is 10.1. The second-order valence-electron chi connectivity index (χ2n) is 4.75. The van der Waals surface area contributed by atoms with Crippen molar-refractivity contribution in [1.82, 2.24) is 19.9 Å². The molecule has 0 spiro atoms. The molecule has 3 aromatic rings. The third kappa shape index (κ3) is 3.01. The minimum atomic E-state index is 0.445. The van der Waals surface area contributed by atoms with Crippen molar-refractivity contribution in [2.45, 2.75) is 13.3 Å². The third-order valence-electron chi connectivity index (χ3n) is 3.28. The van der Waals surface area contributed by atoms with Crippen LogP contribution in [0.25, 0.3) is 11.4 Å². The second-order valence-corrected chi connectivity index (χ2v) is 5.13. The van der Waals surface area contributed by atoms with Crippen LogP contribution in [0.5, 0.6) is 0 Å². The molecular weight excluding hydrogens is 294 g/mol. The molecule has 0 aliphatic rings. The highest BCUT2D eigenvalue weighted by atomic mass is 32.1. The molecule has 0 amide bonds. The summed E-state index contributed by atoms with van der Waals surface area (Å²) < 4.78 is 2.04. The first-order valence-corrected chi connectivity index (χ1v) is 7.40. The van der Waals surface area contributed by atoms with E-state index < -0.39 is 0 Å². The number of nitrogens with one attached hydrogen (secondary N) is 1. The van der Waals surface area contributed by atoms with Crippen LogP contribution in [0.1, 0.15) is 18.1 Å². The van der Waals surface area contributed by atoms with Gasteiger partial charge in [0.25, 0.3) is 0 Å². The summed E-state index contributed by atoms with van der Waals surface area (Å²) in [6.07, 6.45) is 6.24. The maximum Gasteiger partial charge on any atom is 0.216 e. The number of nitrogens with zero attached hydrogens (tertiary/aromatic N) is 4. The number of hydrogen-bond acceptors (Lipinski definition) is 4.